The molecule has 0 amide bonds. The monoisotopic (exact) mass is 486 g/mol. The summed E-state index contributed by atoms with van der Waals surface area (Å²) in [6, 6.07) is 26.0. The molecule has 3 aromatic carbocycles. The molecule has 36 heavy (non-hydrogen) atoms. The van der Waals surface area contributed by atoms with Crippen LogP contribution >= 0.6 is 0 Å². The Balaban J connectivity index is 1.47. The second-order valence-corrected chi connectivity index (χ2v) is 9.82. The predicted molar refractivity (Wildman–Crippen MR) is 155 cm³/mol. The number of unbranched alkanes of at least 4 members (excludes halogenated alkanes) is 9. The second kappa shape index (κ2) is 16.2. The Morgan fingerprint density at radius 3 is 1.61 bits per heavy atom. The summed E-state index contributed by atoms with van der Waals surface area (Å²) in [6.07, 6.45) is 13.6. The van der Waals surface area contributed by atoms with Crippen LogP contribution in [-0.4, -0.2) is 13.2 Å². The van der Waals surface area contributed by atoms with Crippen LogP contribution in [0.4, 0.5) is 0 Å². The highest BCUT2D eigenvalue weighted by atomic mass is 16.5. The molecule has 3 rings (SSSR count). The molecule has 0 bridgehead atoms. The molecule has 1 atom stereocenters. The predicted octanol–water partition coefficient (Wildman–Crippen LogP) is 10.4. The first-order chi connectivity index (χ1) is 17.7. The van der Waals surface area contributed by atoms with Crippen molar-refractivity contribution in [2.24, 2.45) is 0 Å². The Kier molecular flexibility index (Phi) is 12.6. The minimum atomic E-state index is 0.118. The van der Waals surface area contributed by atoms with Crippen LogP contribution in [0.2, 0.25) is 0 Å². The number of ether oxygens (including phenoxy) is 2. The minimum absolute atomic E-state index is 0.118. The molecule has 3 aromatic rings. The fraction of sp³-hybridized carbons (Fsp3) is 0.471. The Labute approximate surface area is 220 Å². The summed E-state index contributed by atoms with van der Waals surface area (Å²) in [5, 5.41) is 0. The fourth-order valence-corrected chi connectivity index (χ4v) is 4.78. The molecule has 0 aromatic heterocycles. The average molecular weight is 487 g/mol. The van der Waals surface area contributed by atoms with Gasteiger partial charge in [0.15, 0.2) is 0 Å². The van der Waals surface area contributed by atoms with Crippen molar-refractivity contribution < 1.29 is 9.47 Å². The normalized spacial score (nSPS) is 12.0. The van der Waals surface area contributed by atoms with E-state index in [4.69, 9.17) is 9.47 Å². The van der Waals surface area contributed by atoms with E-state index in [1.807, 2.05) is 6.92 Å². The van der Waals surface area contributed by atoms with Gasteiger partial charge in [0.1, 0.15) is 5.75 Å². The lowest BCUT2D eigenvalue weighted by molar-refractivity contribution is 0.0764. The van der Waals surface area contributed by atoms with Crippen LogP contribution in [0.15, 0.2) is 72.8 Å². The zero-order valence-electron chi connectivity index (χ0n) is 22.8. The van der Waals surface area contributed by atoms with Crippen molar-refractivity contribution in [2.45, 2.75) is 91.1 Å². The van der Waals surface area contributed by atoms with E-state index >= 15 is 0 Å². The van der Waals surface area contributed by atoms with Gasteiger partial charge in [0.25, 0.3) is 0 Å². The van der Waals surface area contributed by atoms with Gasteiger partial charge in [-0.1, -0.05) is 125 Å². The molecule has 0 saturated heterocycles. The van der Waals surface area contributed by atoms with Crippen molar-refractivity contribution in [1.82, 2.24) is 0 Å². The van der Waals surface area contributed by atoms with Crippen LogP contribution in [0.1, 0.15) is 96.6 Å². The van der Waals surface area contributed by atoms with E-state index in [1.54, 1.807) is 0 Å². The van der Waals surface area contributed by atoms with Crippen LogP contribution in [0.5, 0.6) is 5.75 Å². The molecule has 194 valence electrons. The Hall–Kier alpha value is -2.58. The second-order valence-electron chi connectivity index (χ2n) is 9.82. The van der Waals surface area contributed by atoms with Crippen LogP contribution in [-0.2, 0) is 4.74 Å². The topological polar surface area (TPSA) is 18.5 Å². The number of benzene rings is 3. The van der Waals surface area contributed by atoms with Gasteiger partial charge in [-0.25, -0.2) is 0 Å². The van der Waals surface area contributed by atoms with Crippen LogP contribution in [0.3, 0.4) is 0 Å². The van der Waals surface area contributed by atoms with E-state index in [9.17, 15) is 0 Å². The molecule has 0 aliphatic carbocycles. The van der Waals surface area contributed by atoms with E-state index < -0.39 is 0 Å². The smallest absolute Gasteiger partial charge is 0.119 e. The highest BCUT2D eigenvalue weighted by Crippen LogP contribution is 2.33. The van der Waals surface area contributed by atoms with E-state index in [0.717, 1.165) is 25.4 Å². The molecule has 1 unspecified atom stereocenters. The molecule has 0 saturated carbocycles. The molecule has 0 aliphatic rings. The lowest BCUT2D eigenvalue weighted by Crippen LogP contribution is -1.99. The summed E-state index contributed by atoms with van der Waals surface area (Å²) in [5.41, 5.74) is 6.13. The first kappa shape index (κ1) is 28.0. The van der Waals surface area contributed by atoms with Gasteiger partial charge in [-0.2, -0.15) is 0 Å². The average Bonchev–Trinajstić information content (AvgIpc) is 2.92. The molecule has 2 nitrogen and oxygen atoms in total. The Morgan fingerprint density at radius 1 is 0.583 bits per heavy atom. The standard InChI is InChI=1S/C34H46O2/c1-4-6-7-8-9-10-11-12-13-16-27-36-32-25-23-31(24-26-32)34-18-15-14-17-33(34)30-21-19-29(20-22-30)28(3)35-5-2/h14-15,17-26,28H,4-13,16,27H2,1-3H3. The van der Waals surface area contributed by atoms with Crippen molar-refractivity contribution in [1.29, 1.82) is 0 Å². The van der Waals surface area contributed by atoms with Gasteiger partial charge in [0, 0.05) is 6.61 Å². The van der Waals surface area contributed by atoms with E-state index in [0.29, 0.717) is 0 Å². The third kappa shape index (κ3) is 9.13. The quantitative estimate of drug-likeness (QED) is 0.177. The van der Waals surface area contributed by atoms with Gasteiger partial charge in [-0.3, -0.25) is 0 Å². The number of rotatable bonds is 17. The third-order valence-electron chi connectivity index (χ3n) is 6.97. The SMILES string of the molecule is CCCCCCCCCCCCOc1ccc(-c2ccccc2-c2ccc(C(C)OCC)cc2)cc1. The summed E-state index contributed by atoms with van der Waals surface area (Å²) in [4.78, 5) is 0. The summed E-state index contributed by atoms with van der Waals surface area (Å²) in [7, 11) is 0. The Morgan fingerprint density at radius 2 is 1.08 bits per heavy atom. The molecule has 0 spiro atoms. The fourth-order valence-electron chi connectivity index (χ4n) is 4.78. The molecular weight excluding hydrogens is 440 g/mol. The highest BCUT2D eigenvalue weighted by Gasteiger charge is 2.09. The van der Waals surface area contributed by atoms with Crippen LogP contribution in [0, 0.1) is 0 Å². The van der Waals surface area contributed by atoms with Gasteiger partial charge < -0.3 is 9.47 Å². The number of hydrogen-bond donors (Lipinski definition) is 0. The van der Waals surface area contributed by atoms with Crippen molar-refractivity contribution in [3.63, 3.8) is 0 Å². The van der Waals surface area contributed by atoms with Crippen LogP contribution < -0.4 is 4.74 Å². The maximum atomic E-state index is 6.03. The minimum Gasteiger partial charge on any atom is -0.494 e. The van der Waals surface area contributed by atoms with Gasteiger partial charge in [0.05, 0.1) is 12.7 Å². The molecule has 0 radical (unpaired) electrons. The van der Waals surface area contributed by atoms with Gasteiger partial charge >= 0.3 is 0 Å². The first-order valence-corrected chi connectivity index (χ1v) is 14.3. The molecular formula is C34H46O2. The van der Waals surface area contributed by atoms with E-state index in [2.05, 4.69) is 86.6 Å². The molecule has 2 heteroatoms. The lowest BCUT2D eigenvalue weighted by Gasteiger charge is -2.14. The number of hydrogen-bond acceptors (Lipinski definition) is 2. The third-order valence-corrected chi connectivity index (χ3v) is 6.97. The highest BCUT2D eigenvalue weighted by molar-refractivity contribution is 5.83. The van der Waals surface area contributed by atoms with Crippen LogP contribution in [0.25, 0.3) is 22.3 Å². The van der Waals surface area contributed by atoms with Gasteiger partial charge in [-0.15, -0.1) is 0 Å². The van der Waals surface area contributed by atoms with Crippen molar-refractivity contribution in [3.05, 3.63) is 78.4 Å². The largest absolute Gasteiger partial charge is 0.494 e. The molecule has 0 fully saturated rings. The molecule has 0 aliphatic heterocycles. The molecule has 0 N–H and O–H groups in total. The molecule has 0 heterocycles. The van der Waals surface area contributed by atoms with Crippen molar-refractivity contribution in [3.8, 4) is 28.0 Å². The maximum Gasteiger partial charge on any atom is 0.119 e. The Bertz CT molecular complexity index is 975. The van der Waals surface area contributed by atoms with E-state index in [-0.39, 0.29) is 6.10 Å². The van der Waals surface area contributed by atoms with Gasteiger partial charge in [-0.05, 0) is 60.2 Å². The van der Waals surface area contributed by atoms with Gasteiger partial charge in [0.2, 0.25) is 0 Å². The zero-order valence-corrected chi connectivity index (χ0v) is 22.8. The maximum absolute atomic E-state index is 6.03. The summed E-state index contributed by atoms with van der Waals surface area (Å²) in [6.45, 7) is 7.95. The summed E-state index contributed by atoms with van der Waals surface area (Å²) >= 11 is 0. The summed E-state index contributed by atoms with van der Waals surface area (Å²) < 4.78 is 11.8. The lowest BCUT2D eigenvalue weighted by atomic mass is 9.94. The summed E-state index contributed by atoms with van der Waals surface area (Å²) in [5.74, 6) is 0.960. The van der Waals surface area contributed by atoms with E-state index in [1.165, 1.54) is 85.6 Å². The van der Waals surface area contributed by atoms with Crippen molar-refractivity contribution in [2.75, 3.05) is 13.2 Å². The first-order valence-electron chi connectivity index (χ1n) is 14.3. The zero-order chi connectivity index (χ0) is 25.4. The van der Waals surface area contributed by atoms with Crippen molar-refractivity contribution >= 4 is 0 Å².